The molecule has 3 heterocycles. The van der Waals surface area contributed by atoms with E-state index in [1.54, 1.807) is 18.6 Å². The van der Waals surface area contributed by atoms with Crippen molar-refractivity contribution in [2.75, 3.05) is 25.5 Å². The summed E-state index contributed by atoms with van der Waals surface area (Å²) in [4.78, 5) is 24.1. The Bertz CT molecular complexity index is 950. The van der Waals surface area contributed by atoms with Crippen molar-refractivity contribution in [1.29, 1.82) is 0 Å². The van der Waals surface area contributed by atoms with Crippen LogP contribution >= 0.6 is 22.9 Å². The maximum Gasteiger partial charge on any atom is 0.229 e. The molecule has 1 aliphatic heterocycles. The average Bonchev–Trinajstić information content (AvgIpc) is 3.11. The number of piperidine rings is 1. The van der Waals surface area contributed by atoms with Gasteiger partial charge < -0.3 is 10.2 Å². The molecular formula is C19H19ClN4OS. The van der Waals surface area contributed by atoms with Crippen LogP contribution in [0.25, 0.3) is 21.2 Å². The minimum atomic E-state index is 0.0645. The van der Waals surface area contributed by atoms with E-state index in [-0.39, 0.29) is 11.8 Å². The van der Waals surface area contributed by atoms with Gasteiger partial charge in [0.25, 0.3) is 0 Å². The van der Waals surface area contributed by atoms with Crippen molar-refractivity contribution in [3.63, 3.8) is 0 Å². The number of aromatic nitrogens is 2. The summed E-state index contributed by atoms with van der Waals surface area (Å²) >= 11 is 8.03. The highest BCUT2D eigenvalue weighted by Gasteiger charge is 2.24. The first-order valence-corrected chi connectivity index (χ1v) is 9.79. The SMILES string of the molecule is CN1CCC(C(=O)Nc2ncc(-c3ccc4cnccc4c3Cl)s2)CC1. The smallest absolute Gasteiger partial charge is 0.229 e. The molecule has 3 aromatic rings. The summed E-state index contributed by atoms with van der Waals surface area (Å²) in [5, 5.41) is 6.24. The van der Waals surface area contributed by atoms with E-state index in [9.17, 15) is 4.79 Å². The van der Waals surface area contributed by atoms with Crippen LogP contribution in [0, 0.1) is 5.92 Å². The lowest BCUT2D eigenvalue weighted by Crippen LogP contribution is -2.35. The first-order valence-electron chi connectivity index (χ1n) is 8.59. The fourth-order valence-electron chi connectivity index (χ4n) is 3.26. The van der Waals surface area contributed by atoms with E-state index in [1.807, 2.05) is 18.2 Å². The minimum absolute atomic E-state index is 0.0645. The average molecular weight is 387 g/mol. The van der Waals surface area contributed by atoms with Crippen molar-refractivity contribution in [3.05, 3.63) is 41.8 Å². The Morgan fingerprint density at radius 2 is 2.08 bits per heavy atom. The molecule has 0 unspecified atom stereocenters. The maximum atomic E-state index is 12.5. The number of hydrogen-bond acceptors (Lipinski definition) is 5. The number of thiazole rings is 1. The van der Waals surface area contributed by atoms with Gasteiger partial charge in [0.2, 0.25) is 5.91 Å². The van der Waals surface area contributed by atoms with Crippen LogP contribution in [-0.2, 0) is 4.79 Å². The zero-order valence-corrected chi connectivity index (χ0v) is 16.0. The van der Waals surface area contributed by atoms with Crippen LogP contribution in [0.2, 0.25) is 5.02 Å². The molecule has 7 heteroatoms. The number of benzene rings is 1. The monoisotopic (exact) mass is 386 g/mol. The number of halogens is 1. The van der Waals surface area contributed by atoms with Gasteiger partial charge in [0.1, 0.15) is 0 Å². The quantitative estimate of drug-likeness (QED) is 0.729. The van der Waals surface area contributed by atoms with Gasteiger partial charge in [0.15, 0.2) is 5.13 Å². The number of carbonyl (C=O) groups is 1. The molecule has 0 bridgehead atoms. The van der Waals surface area contributed by atoms with Crippen molar-refractivity contribution in [2.45, 2.75) is 12.8 Å². The van der Waals surface area contributed by atoms with E-state index in [2.05, 4.69) is 27.2 Å². The number of fused-ring (bicyclic) bond motifs is 1. The molecule has 1 N–H and O–H groups in total. The normalized spacial score (nSPS) is 16.1. The minimum Gasteiger partial charge on any atom is -0.306 e. The Kier molecular flexibility index (Phi) is 4.89. The first-order chi connectivity index (χ1) is 12.6. The van der Waals surface area contributed by atoms with Crippen LogP contribution in [0.15, 0.2) is 36.8 Å². The standard InChI is InChI=1S/C19H19ClN4OS/c1-24-8-5-12(6-9-24)18(25)23-19-22-11-16(26-19)15-3-2-13-10-21-7-4-14(13)17(15)20/h2-4,7,10-12H,5-6,8-9H2,1H3,(H,22,23,25). The number of amides is 1. The molecular weight excluding hydrogens is 368 g/mol. The molecule has 1 aliphatic rings. The van der Waals surface area contributed by atoms with Crippen molar-refractivity contribution in [1.82, 2.24) is 14.9 Å². The topological polar surface area (TPSA) is 58.1 Å². The van der Waals surface area contributed by atoms with Crippen molar-refractivity contribution in [3.8, 4) is 10.4 Å². The molecule has 4 rings (SSSR count). The van der Waals surface area contributed by atoms with Gasteiger partial charge in [-0.2, -0.15) is 0 Å². The number of hydrogen-bond donors (Lipinski definition) is 1. The predicted octanol–water partition coefficient (Wildman–Crippen LogP) is 4.29. The van der Waals surface area contributed by atoms with Crippen molar-refractivity contribution < 1.29 is 4.79 Å². The molecule has 1 aromatic carbocycles. The van der Waals surface area contributed by atoms with Gasteiger partial charge in [-0.1, -0.05) is 35.1 Å². The highest BCUT2D eigenvalue weighted by Crippen LogP contribution is 2.38. The summed E-state index contributed by atoms with van der Waals surface area (Å²) in [6.45, 7) is 1.92. The largest absolute Gasteiger partial charge is 0.306 e. The van der Waals surface area contributed by atoms with Crippen LogP contribution in [0.4, 0.5) is 5.13 Å². The zero-order chi connectivity index (χ0) is 18.1. The summed E-state index contributed by atoms with van der Waals surface area (Å²) in [7, 11) is 2.09. The number of pyridine rings is 1. The molecule has 1 amide bonds. The first kappa shape index (κ1) is 17.4. The third-order valence-electron chi connectivity index (χ3n) is 4.85. The summed E-state index contributed by atoms with van der Waals surface area (Å²) < 4.78 is 0. The molecule has 0 radical (unpaired) electrons. The van der Waals surface area contributed by atoms with Gasteiger partial charge >= 0.3 is 0 Å². The van der Waals surface area contributed by atoms with Crippen LogP contribution in [0.3, 0.4) is 0 Å². The van der Waals surface area contributed by atoms with Crippen molar-refractivity contribution in [2.24, 2.45) is 5.92 Å². The number of nitrogens with zero attached hydrogens (tertiary/aromatic N) is 3. The fourth-order valence-corrected chi connectivity index (χ4v) is 4.50. The zero-order valence-electron chi connectivity index (χ0n) is 14.4. The van der Waals surface area contributed by atoms with E-state index >= 15 is 0 Å². The molecule has 1 saturated heterocycles. The van der Waals surface area contributed by atoms with Gasteiger partial charge in [-0.3, -0.25) is 9.78 Å². The second-order valence-corrected chi connectivity index (χ2v) is 8.03. The molecule has 1 fully saturated rings. The lowest BCUT2D eigenvalue weighted by molar-refractivity contribution is -0.121. The van der Waals surface area contributed by atoms with Gasteiger partial charge in [0.05, 0.1) is 9.90 Å². The lowest BCUT2D eigenvalue weighted by atomic mass is 9.96. The molecule has 2 aromatic heterocycles. The molecule has 26 heavy (non-hydrogen) atoms. The number of likely N-dealkylation sites (tertiary alicyclic amines) is 1. The molecule has 134 valence electrons. The van der Waals surface area contributed by atoms with E-state index in [0.717, 1.165) is 47.1 Å². The third kappa shape index (κ3) is 3.45. The summed E-state index contributed by atoms with van der Waals surface area (Å²) in [6, 6.07) is 5.88. The van der Waals surface area contributed by atoms with Gasteiger partial charge in [0, 0.05) is 40.8 Å². The number of carbonyl (C=O) groups excluding carboxylic acids is 1. The second-order valence-electron chi connectivity index (χ2n) is 6.62. The highest BCUT2D eigenvalue weighted by molar-refractivity contribution is 7.19. The predicted molar refractivity (Wildman–Crippen MR) is 107 cm³/mol. The van der Waals surface area contributed by atoms with Crippen LogP contribution in [0.5, 0.6) is 0 Å². The Balaban J connectivity index is 1.53. The van der Waals surface area contributed by atoms with Gasteiger partial charge in [-0.15, -0.1) is 0 Å². The van der Waals surface area contributed by atoms with Gasteiger partial charge in [-0.05, 0) is 39.0 Å². The molecule has 0 aliphatic carbocycles. The molecule has 5 nitrogen and oxygen atoms in total. The summed E-state index contributed by atoms with van der Waals surface area (Å²) in [6.07, 6.45) is 7.09. The molecule has 0 atom stereocenters. The van der Waals surface area contributed by atoms with E-state index in [1.165, 1.54) is 11.3 Å². The fraction of sp³-hybridized carbons (Fsp3) is 0.316. The van der Waals surface area contributed by atoms with E-state index < -0.39 is 0 Å². The van der Waals surface area contributed by atoms with Crippen molar-refractivity contribution >= 4 is 44.7 Å². The summed E-state index contributed by atoms with van der Waals surface area (Å²) in [5.41, 5.74) is 0.919. The van der Waals surface area contributed by atoms with Gasteiger partial charge in [-0.25, -0.2) is 4.98 Å². The van der Waals surface area contributed by atoms with E-state index in [4.69, 9.17) is 11.6 Å². The van der Waals surface area contributed by atoms with Crippen LogP contribution in [0.1, 0.15) is 12.8 Å². The van der Waals surface area contributed by atoms with Crippen LogP contribution < -0.4 is 5.32 Å². The third-order valence-corrected chi connectivity index (χ3v) is 6.20. The Labute approximate surface area is 161 Å². The lowest BCUT2D eigenvalue weighted by Gasteiger charge is -2.27. The Morgan fingerprint density at radius 1 is 1.27 bits per heavy atom. The Morgan fingerprint density at radius 3 is 2.88 bits per heavy atom. The number of nitrogens with one attached hydrogen (secondary N) is 1. The number of rotatable bonds is 3. The highest BCUT2D eigenvalue weighted by atomic mass is 35.5. The number of anilines is 1. The second kappa shape index (κ2) is 7.31. The van der Waals surface area contributed by atoms with Crippen LogP contribution in [-0.4, -0.2) is 40.9 Å². The molecule has 0 saturated carbocycles. The maximum absolute atomic E-state index is 12.5. The van der Waals surface area contributed by atoms with E-state index in [0.29, 0.717) is 10.2 Å². The Hall–Kier alpha value is -2.02. The summed E-state index contributed by atoms with van der Waals surface area (Å²) in [5.74, 6) is 0.130. The molecule has 0 spiro atoms.